The number of anilines is 1. The summed E-state index contributed by atoms with van der Waals surface area (Å²) in [6.45, 7) is 6.31. The Balaban J connectivity index is 2.57. The average Bonchev–Trinajstić information content (AvgIpc) is 2.73. The molecule has 19 heavy (non-hydrogen) atoms. The number of carbonyl (C=O) groups is 2. The number of carboxylic acid groups (broad SMARTS) is 1. The lowest BCUT2D eigenvalue weighted by Gasteiger charge is -2.16. The molecule has 1 aromatic heterocycles. The summed E-state index contributed by atoms with van der Waals surface area (Å²) in [5, 5.41) is 13.7. The molecule has 0 fully saturated rings. The Morgan fingerprint density at radius 3 is 2.58 bits per heavy atom. The molecule has 0 saturated carbocycles. The SMILES string of the molecule is CN(CCC(=O)O)C(=O)Nc1nc(C(C)(C)C)cs1. The van der Waals surface area contributed by atoms with Crippen LogP contribution in [0.25, 0.3) is 0 Å². The smallest absolute Gasteiger partial charge is 0.323 e. The summed E-state index contributed by atoms with van der Waals surface area (Å²) in [5.74, 6) is -0.927. The third kappa shape index (κ3) is 4.86. The highest BCUT2D eigenvalue weighted by Crippen LogP contribution is 2.26. The number of aliphatic carboxylic acids is 1. The number of carbonyl (C=O) groups excluding carboxylic acids is 1. The van der Waals surface area contributed by atoms with E-state index in [0.29, 0.717) is 5.13 Å². The van der Waals surface area contributed by atoms with Crippen LogP contribution in [0.3, 0.4) is 0 Å². The molecule has 0 aliphatic carbocycles. The first kappa shape index (κ1) is 15.4. The molecule has 0 saturated heterocycles. The normalized spacial score (nSPS) is 11.2. The predicted octanol–water partition coefficient (Wildman–Crippen LogP) is 2.38. The van der Waals surface area contributed by atoms with Crippen LogP contribution in [-0.4, -0.2) is 40.6 Å². The Bertz CT molecular complexity index is 465. The van der Waals surface area contributed by atoms with E-state index >= 15 is 0 Å². The van der Waals surface area contributed by atoms with E-state index in [-0.39, 0.29) is 24.4 Å². The fourth-order valence-corrected chi connectivity index (χ4v) is 2.15. The third-order valence-electron chi connectivity index (χ3n) is 2.49. The van der Waals surface area contributed by atoms with Crippen LogP contribution in [0.5, 0.6) is 0 Å². The van der Waals surface area contributed by atoms with Gasteiger partial charge in [0.05, 0.1) is 12.1 Å². The number of nitrogens with zero attached hydrogens (tertiary/aromatic N) is 2. The van der Waals surface area contributed by atoms with Crippen LogP contribution in [0, 0.1) is 0 Å². The van der Waals surface area contributed by atoms with Gasteiger partial charge < -0.3 is 10.0 Å². The molecule has 7 heteroatoms. The summed E-state index contributed by atoms with van der Waals surface area (Å²) in [6, 6.07) is -0.351. The molecular weight excluding hydrogens is 266 g/mol. The fraction of sp³-hybridized carbons (Fsp3) is 0.583. The van der Waals surface area contributed by atoms with Crippen molar-refractivity contribution in [3.8, 4) is 0 Å². The van der Waals surface area contributed by atoms with Crippen molar-refractivity contribution in [2.45, 2.75) is 32.6 Å². The molecule has 0 spiro atoms. The number of amides is 2. The second-order valence-electron chi connectivity index (χ2n) is 5.28. The maximum Gasteiger partial charge on any atom is 0.323 e. The van der Waals surface area contributed by atoms with Crippen molar-refractivity contribution in [2.24, 2.45) is 0 Å². The van der Waals surface area contributed by atoms with Crippen LogP contribution in [-0.2, 0) is 10.2 Å². The van der Waals surface area contributed by atoms with E-state index in [1.54, 1.807) is 7.05 Å². The molecule has 2 N–H and O–H groups in total. The quantitative estimate of drug-likeness (QED) is 0.889. The Kier molecular flexibility index (Phi) is 4.88. The van der Waals surface area contributed by atoms with Gasteiger partial charge in [0.15, 0.2) is 5.13 Å². The Labute approximate surface area is 116 Å². The summed E-state index contributed by atoms with van der Waals surface area (Å²) in [7, 11) is 1.55. The molecule has 0 unspecified atom stereocenters. The zero-order chi connectivity index (χ0) is 14.6. The summed E-state index contributed by atoms with van der Waals surface area (Å²) < 4.78 is 0. The predicted molar refractivity (Wildman–Crippen MR) is 74.7 cm³/mol. The minimum Gasteiger partial charge on any atom is -0.481 e. The second kappa shape index (κ2) is 6.01. The van der Waals surface area contributed by atoms with Crippen LogP contribution in [0.2, 0.25) is 0 Å². The number of rotatable bonds is 4. The second-order valence-corrected chi connectivity index (χ2v) is 6.14. The summed E-state index contributed by atoms with van der Waals surface area (Å²) in [5.41, 5.74) is 0.857. The van der Waals surface area contributed by atoms with Crippen molar-refractivity contribution in [3.63, 3.8) is 0 Å². The molecule has 0 bridgehead atoms. The first-order valence-electron chi connectivity index (χ1n) is 5.90. The first-order chi connectivity index (χ1) is 8.70. The minimum absolute atomic E-state index is 0.0608. The van der Waals surface area contributed by atoms with E-state index in [9.17, 15) is 9.59 Å². The lowest BCUT2D eigenvalue weighted by atomic mass is 9.93. The summed E-state index contributed by atoms with van der Waals surface area (Å²) >= 11 is 1.36. The summed E-state index contributed by atoms with van der Waals surface area (Å²) in [6.07, 6.45) is -0.0744. The number of aromatic nitrogens is 1. The number of urea groups is 1. The van der Waals surface area contributed by atoms with E-state index in [2.05, 4.69) is 10.3 Å². The van der Waals surface area contributed by atoms with E-state index in [0.717, 1.165) is 5.69 Å². The zero-order valence-electron chi connectivity index (χ0n) is 11.6. The topological polar surface area (TPSA) is 82.5 Å². The molecule has 1 aromatic rings. The van der Waals surface area contributed by atoms with Crippen molar-refractivity contribution in [1.82, 2.24) is 9.88 Å². The monoisotopic (exact) mass is 285 g/mol. The van der Waals surface area contributed by atoms with E-state index < -0.39 is 5.97 Å². The molecule has 0 radical (unpaired) electrons. The van der Waals surface area contributed by atoms with E-state index in [4.69, 9.17) is 5.11 Å². The van der Waals surface area contributed by atoms with Crippen LogP contribution >= 0.6 is 11.3 Å². The lowest BCUT2D eigenvalue weighted by Crippen LogP contribution is -2.33. The largest absolute Gasteiger partial charge is 0.481 e. The number of hydrogen-bond donors (Lipinski definition) is 2. The highest BCUT2D eigenvalue weighted by Gasteiger charge is 2.19. The van der Waals surface area contributed by atoms with E-state index in [1.807, 2.05) is 26.2 Å². The van der Waals surface area contributed by atoms with Gasteiger partial charge in [-0.3, -0.25) is 10.1 Å². The van der Waals surface area contributed by atoms with Gasteiger partial charge in [-0.25, -0.2) is 9.78 Å². The van der Waals surface area contributed by atoms with Gasteiger partial charge in [-0.15, -0.1) is 11.3 Å². The van der Waals surface area contributed by atoms with Gasteiger partial charge in [0.25, 0.3) is 0 Å². The van der Waals surface area contributed by atoms with Crippen LogP contribution < -0.4 is 5.32 Å². The molecule has 0 aliphatic heterocycles. The minimum atomic E-state index is -0.927. The van der Waals surface area contributed by atoms with Crippen molar-refractivity contribution in [2.75, 3.05) is 18.9 Å². The van der Waals surface area contributed by atoms with Crippen molar-refractivity contribution in [1.29, 1.82) is 0 Å². The number of nitrogens with one attached hydrogen (secondary N) is 1. The number of carboxylic acids is 1. The van der Waals surface area contributed by atoms with Crippen LogP contribution in [0.1, 0.15) is 32.9 Å². The molecule has 0 atom stereocenters. The molecule has 0 aliphatic rings. The Hall–Kier alpha value is -1.63. The van der Waals surface area contributed by atoms with Gasteiger partial charge in [0.2, 0.25) is 0 Å². The first-order valence-corrected chi connectivity index (χ1v) is 6.78. The van der Waals surface area contributed by atoms with Crippen molar-refractivity contribution in [3.05, 3.63) is 11.1 Å². The number of thiazole rings is 1. The van der Waals surface area contributed by atoms with Gasteiger partial charge >= 0.3 is 12.0 Å². The van der Waals surface area contributed by atoms with Gasteiger partial charge in [0.1, 0.15) is 0 Å². The maximum absolute atomic E-state index is 11.8. The Morgan fingerprint density at radius 2 is 2.11 bits per heavy atom. The van der Waals surface area contributed by atoms with Gasteiger partial charge in [-0.1, -0.05) is 20.8 Å². The van der Waals surface area contributed by atoms with Crippen molar-refractivity contribution >= 4 is 28.5 Å². The molecule has 1 heterocycles. The van der Waals surface area contributed by atoms with E-state index in [1.165, 1.54) is 16.2 Å². The molecule has 0 aromatic carbocycles. The van der Waals surface area contributed by atoms with Crippen LogP contribution in [0.4, 0.5) is 9.93 Å². The Morgan fingerprint density at radius 1 is 1.47 bits per heavy atom. The van der Waals surface area contributed by atoms with Crippen molar-refractivity contribution < 1.29 is 14.7 Å². The maximum atomic E-state index is 11.8. The molecule has 6 nitrogen and oxygen atoms in total. The zero-order valence-corrected chi connectivity index (χ0v) is 12.4. The molecule has 1 rings (SSSR count). The highest BCUT2D eigenvalue weighted by atomic mass is 32.1. The molecule has 2 amide bonds. The summed E-state index contributed by atoms with van der Waals surface area (Å²) in [4.78, 5) is 27.9. The van der Waals surface area contributed by atoms with Gasteiger partial charge in [-0.05, 0) is 0 Å². The highest BCUT2D eigenvalue weighted by molar-refractivity contribution is 7.13. The fourth-order valence-electron chi connectivity index (χ4n) is 1.23. The lowest BCUT2D eigenvalue weighted by molar-refractivity contribution is -0.137. The van der Waals surface area contributed by atoms with Gasteiger partial charge in [-0.2, -0.15) is 0 Å². The van der Waals surface area contributed by atoms with Crippen LogP contribution in [0.15, 0.2) is 5.38 Å². The average molecular weight is 285 g/mol. The standard InChI is InChI=1S/C12H19N3O3S/c1-12(2,3)8-7-19-10(13-8)14-11(18)15(4)6-5-9(16)17/h7H,5-6H2,1-4H3,(H,16,17)(H,13,14,18). The molecular formula is C12H19N3O3S. The molecule has 106 valence electrons. The number of hydrogen-bond acceptors (Lipinski definition) is 4. The van der Waals surface area contributed by atoms with Gasteiger partial charge in [0, 0.05) is 24.4 Å². The third-order valence-corrected chi connectivity index (χ3v) is 3.25.